The second-order valence-corrected chi connectivity index (χ2v) is 6.23. The van der Waals surface area contributed by atoms with Gasteiger partial charge in [-0.2, -0.15) is 5.10 Å². The van der Waals surface area contributed by atoms with E-state index in [1.165, 1.54) is 6.08 Å². The van der Waals surface area contributed by atoms with Gasteiger partial charge in [0.05, 0.1) is 32.1 Å². The summed E-state index contributed by atoms with van der Waals surface area (Å²) in [6, 6.07) is 15.1. The van der Waals surface area contributed by atoms with Gasteiger partial charge in [0, 0.05) is 23.4 Å². The Morgan fingerprint density at radius 2 is 1.93 bits per heavy atom. The number of aromatic nitrogens is 2. The first-order valence-corrected chi connectivity index (χ1v) is 8.91. The fourth-order valence-corrected chi connectivity index (χ4v) is 2.83. The van der Waals surface area contributed by atoms with Crippen LogP contribution in [0.5, 0.6) is 11.5 Å². The molecule has 1 N–H and O–H groups in total. The molecular formula is C22H23N3O3. The number of ether oxygens (including phenoxy) is 2. The number of para-hydroxylation sites is 1. The first-order chi connectivity index (χ1) is 13.6. The van der Waals surface area contributed by atoms with Gasteiger partial charge in [-0.3, -0.25) is 4.79 Å². The number of hydrogen-bond acceptors (Lipinski definition) is 4. The van der Waals surface area contributed by atoms with E-state index >= 15 is 0 Å². The number of nitrogens with one attached hydrogen (secondary N) is 1. The van der Waals surface area contributed by atoms with Crippen LogP contribution in [0.4, 0.5) is 0 Å². The molecule has 0 aliphatic heterocycles. The summed E-state index contributed by atoms with van der Waals surface area (Å²) in [5.41, 5.74) is 2.65. The minimum atomic E-state index is -0.241. The number of amides is 1. The van der Waals surface area contributed by atoms with E-state index in [0.29, 0.717) is 11.5 Å². The predicted molar refractivity (Wildman–Crippen MR) is 109 cm³/mol. The molecule has 6 nitrogen and oxygen atoms in total. The Labute approximate surface area is 164 Å². The van der Waals surface area contributed by atoms with E-state index < -0.39 is 0 Å². The minimum Gasteiger partial charge on any atom is -0.497 e. The molecule has 0 radical (unpaired) electrons. The van der Waals surface area contributed by atoms with Gasteiger partial charge in [-0.1, -0.05) is 18.2 Å². The van der Waals surface area contributed by atoms with E-state index in [-0.39, 0.29) is 11.9 Å². The Balaban J connectivity index is 1.66. The van der Waals surface area contributed by atoms with Gasteiger partial charge in [0.15, 0.2) is 0 Å². The molecule has 3 aromatic rings. The topological polar surface area (TPSA) is 65.4 Å². The molecule has 0 saturated heterocycles. The van der Waals surface area contributed by atoms with Crippen LogP contribution in [-0.2, 0) is 4.79 Å². The quantitative estimate of drug-likeness (QED) is 0.637. The summed E-state index contributed by atoms with van der Waals surface area (Å²) < 4.78 is 12.4. The van der Waals surface area contributed by atoms with Crippen LogP contribution in [0.15, 0.2) is 67.0 Å². The maximum atomic E-state index is 12.3. The fourth-order valence-electron chi connectivity index (χ4n) is 2.83. The van der Waals surface area contributed by atoms with Crippen molar-refractivity contribution >= 4 is 12.0 Å². The molecule has 2 aromatic carbocycles. The molecule has 0 saturated carbocycles. The smallest absolute Gasteiger partial charge is 0.244 e. The van der Waals surface area contributed by atoms with Gasteiger partial charge in [0.25, 0.3) is 0 Å². The Hall–Kier alpha value is -3.54. The summed E-state index contributed by atoms with van der Waals surface area (Å²) in [6.45, 7) is 1.90. The third kappa shape index (κ3) is 4.59. The average molecular weight is 377 g/mol. The van der Waals surface area contributed by atoms with Crippen molar-refractivity contribution in [2.45, 2.75) is 13.0 Å². The van der Waals surface area contributed by atoms with Gasteiger partial charge in [0.1, 0.15) is 11.5 Å². The van der Waals surface area contributed by atoms with Crippen LogP contribution in [0.25, 0.3) is 11.8 Å². The van der Waals surface area contributed by atoms with Crippen LogP contribution >= 0.6 is 0 Å². The molecule has 1 heterocycles. The average Bonchev–Trinajstić information content (AvgIpc) is 3.21. The lowest BCUT2D eigenvalue weighted by molar-refractivity contribution is -0.117. The van der Waals surface area contributed by atoms with E-state index in [1.54, 1.807) is 31.2 Å². The molecule has 1 unspecified atom stereocenters. The highest BCUT2D eigenvalue weighted by atomic mass is 16.5. The Kier molecular flexibility index (Phi) is 6.11. The molecule has 0 aliphatic rings. The summed E-state index contributed by atoms with van der Waals surface area (Å²) in [5, 5.41) is 7.26. The van der Waals surface area contributed by atoms with Crippen LogP contribution < -0.4 is 14.8 Å². The van der Waals surface area contributed by atoms with Crippen LogP contribution in [-0.4, -0.2) is 29.9 Å². The third-order valence-electron chi connectivity index (χ3n) is 4.31. The van der Waals surface area contributed by atoms with Crippen molar-refractivity contribution in [2.24, 2.45) is 0 Å². The van der Waals surface area contributed by atoms with E-state index in [0.717, 1.165) is 16.8 Å². The molecule has 1 amide bonds. The lowest BCUT2D eigenvalue weighted by atomic mass is 10.1. The number of rotatable bonds is 7. The van der Waals surface area contributed by atoms with Crippen molar-refractivity contribution in [3.63, 3.8) is 0 Å². The summed E-state index contributed by atoms with van der Waals surface area (Å²) in [7, 11) is 3.21. The van der Waals surface area contributed by atoms with Crippen molar-refractivity contribution in [1.29, 1.82) is 0 Å². The summed E-state index contributed by atoms with van der Waals surface area (Å²) in [5.74, 6) is 1.20. The summed E-state index contributed by atoms with van der Waals surface area (Å²) >= 11 is 0. The summed E-state index contributed by atoms with van der Waals surface area (Å²) in [4.78, 5) is 12.3. The largest absolute Gasteiger partial charge is 0.497 e. The second kappa shape index (κ2) is 8.90. The van der Waals surface area contributed by atoms with Gasteiger partial charge in [-0.05, 0) is 43.3 Å². The molecule has 0 aliphatic carbocycles. The minimum absolute atomic E-state index is 0.204. The van der Waals surface area contributed by atoms with Crippen molar-refractivity contribution < 1.29 is 14.3 Å². The normalized spacial score (nSPS) is 12.0. The molecule has 28 heavy (non-hydrogen) atoms. The summed E-state index contributed by atoms with van der Waals surface area (Å²) in [6.07, 6.45) is 6.81. The fraction of sp³-hybridized carbons (Fsp3) is 0.182. The van der Waals surface area contributed by atoms with Crippen molar-refractivity contribution in [2.75, 3.05) is 14.2 Å². The first-order valence-electron chi connectivity index (χ1n) is 8.91. The maximum Gasteiger partial charge on any atom is 0.244 e. The van der Waals surface area contributed by atoms with Crippen molar-refractivity contribution in [3.8, 4) is 17.2 Å². The first kappa shape index (κ1) is 19.2. The Morgan fingerprint density at radius 3 is 2.64 bits per heavy atom. The lowest BCUT2D eigenvalue weighted by Crippen LogP contribution is -2.25. The van der Waals surface area contributed by atoms with Crippen LogP contribution in [0.2, 0.25) is 0 Å². The van der Waals surface area contributed by atoms with Crippen LogP contribution in [0.1, 0.15) is 24.1 Å². The van der Waals surface area contributed by atoms with Gasteiger partial charge in [-0.25, -0.2) is 4.68 Å². The van der Waals surface area contributed by atoms with Gasteiger partial charge >= 0.3 is 0 Å². The van der Waals surface area contributed by atoms with Gasteiger partial charge < -0.3 is 14.8 Å². The molecule has 0 spiro atoms. The number of benzene rings is 2. The predicted octanol–water partition coefficient (Wildman–Crippen LogP) is 3.78. The highest BCUT2D eigenvalue weighted by Crippen LogP contribution is 2.29. The number of hydrogen-bond donors (Lipinski definition) is 1. The van der Waals surface area contributed by atoms with Crippen molar-refractivity contribution in [3.05, 3.63) is 78.1 Å². The molecule has 0 bridgehead atoms. The lowest BCUT2D eigenvalue weighted by Gasteiger charge is -2.17. The zero-order chi connectivity index (χ0) is 19.9. The van der Waals surface area contributed by atoms with E-state index in [1.807, 2.05) is 61.7 Å². The number of nitrogens with zero attached hydrogens (tertiary/aromatic N) is 2. The monoisotopic (exact) mass is 377 g/mol. The number of methoxy groups -OCH3 is 2. The van der Waals surface area contributed by atoms with Gasteiger partial charge in [-0.15, -0.1) is 0 Å². The second-order valence-electron chi connectivity index (χ2n) is 6.23. The molecule has 6 heteroatoms. The molecular weight excluding hydrogens is 354 g/mol. The van der Waals surface area contributed by atoms with E-state index in [9.17, 15) is 4.79 Å². The van der Waals surface area contributed by atoms with Crippen LogP contribution in [0, 0.1) is 0 Å². The van der Waals surface area contributed by atoms with Gasteiger partial charge in [0.2, 0.25) is 5.91 Å². The highest BCUT2D eigenvalue weighted by molar-refractivity contribution is 5.92. The third-order valence-corrected chi connectivity index (χ3v) is 4.31. The van der Waals surface area contributed by atoms with E-state index in [2.05, 4.69) is 10.4 Å². The maximum absolute atomic E-state index is 12.3. The molecule has 1 atom stereocenters. The highest BCUT2D eigenvalue weighted by Gasteiger charge is 2.14. The number of carbonyl (C=O) groups is 1. The molecule has 1 aromatic heterocycles. The number of carbonyl (C=O) groups excluding carboxylic acids is 1. The molecule has 0 fully saturated rings. The molecule has 144 valence electrons. The molecule has 3 rings (SSSR count). The Morgan fingerprint density at radius 1 is 1.14 bits per heavy atom. The van der Waals surface area contributed by atoms with Crippen LogP contribution in [0.3, 0.4) is 0 Å². The standard InChI is InChI=1S/C22H23N3O3/c1-16(20-13-19(27-2)10-11-21(20)28-3)24-22(26)12-9-17-14-23-25(15-17)18-7-5-4-6-8-18/h4-16H,1-3H3,(H,24,26)/b12-9+. The van der Waals surface area contributed by atoms with Crippen molar-refractivity contribution in [1.82, 2.24) is 15.1 Å². The SMILES string of the molecule is COc1ccc(OC)c(C(C)NC(=O)/C=C/c2cnn(-c3ccccc3)c2)c1. The Bertz CT molecular complexity index is 964. The zero-order valence-electron chi connectivity index (χ0n) is 16.1. The zero-order valence-corrected chi connectivity index (χ0v) is 16.1. The van der Waals surface area contributed by atoms with E-state index in [4.69, 9.17) is 9.47 Å².